The molecule has 172 valence electrons. The van der Waals surface area contributed by atoms with Crippen LogP contribution in [0.3, 0.4) is 0 Å². The summed E-state index contributed by atoms with van der Waals surface area (Å²) in [5, 5.41) is 8.37. The van der Waals surface area contributed by atoms with Crippen LogP contribution in [0.4, 0.5) is 5.82 Å². The highest BCUT2D eigenvalue weighted by Gasteiger charge is 2.17. The first-order valence-electron chi connectivity index (χ1n) is 11.3. The molecule has 5 rings (SSSR count). The van der Waals surface area contributed by atoms with Gasteiger partial charge in [-0.1, -0.05) is 54.6 Å². The van der Waals surface area contributed by atoms with Gasteiger partial charge in [0, 0.05) is 31.2 Å². The normalized spacial score (nSPS) is 13.7. The number of amides is 1. The second-order valence-corrected chi connectivity index (χ2v) is 8.15. The summed E-state index contributed by atoms with van der Waals surface area (Å²) in [4.78, 5) is 32.8. The Bertz CT molecular complexity index is 1350. The average Bonchev–Trinajstić information content (AvgIpc) is 2.90. The number of nitrogens with zero attached hydrogens (tertiary/aromatic N) is 4. The second kappa shape index (κ2) is 9.84. The molecule has 1 N–H and O–H groups in total. The van der Waals surface area contributed by atoms with Gasteiger partial charge in [-0.05, 0) is 23.3 Å². The molecule has 1 aliphatic heterocycles. The molecule has 0 saturated carbocycles. The van der Waals surface area contributed by atoms with Gasteiger partial charge in [0.25, 0.3) is 11.5 Å². The van der Waals surface area contributed by atoms with E-state index in [9.17, 15) is 9.59 Å². The van der Waals surface area contributed by atoms with Gasteiger partial charge in [0.05, 0.1) is 25.1 Å². The largest absolute Gasteiger partial charge is 0.378 e. The number of carbonyl (C=O) groups is 1. The topological polar surface area (TPSA) is 89.3 Å². The summed E-state index contributed by atoms with van der Waals surface area (Å²) in [7, 11) is 0. The zero-order valence-corrected chi connectivity index (χ0v) is 18.7. The van der Waals surface area contributed by atoms with Gasteiger partial charge in [0.2, 0.25) is 0 Å². The van der Waals surface area contributed by atoms with E-state index in [1.807, 2.05) is 42.5 Å². The van der Waals surface area contributed by atoms with Crippen LogP contribution in [0.15, 0.2) is 77.7 Å². The standard InChI is InChI=1S/C26H25N5O3/c32-25(28-17-20-10-11-23(27-16-20)30-12-14-34-15-13-30)24-21-8-4-5-9-22(21)26(33)31(29-24)18-19-6-2-1-3-7-19/h1-11,16H,12-15,17-18H2,(H,28,32). The fourth-order valence-electron chi connectivity index (χ4n) is 4.03. The third-order valence-corrected chi connectivity index (χ3v) is 5.86. The van der Waals surface area contributed by atoms with Crippen molar-refractivity contribution in [1.29, 1.82) is 0 Å². The highest BCUT2D eigenvalue weighted by molar-refractivity contribution is 6.04. The van der Waals surface area contributed by atoms with Gasteiger partial charge in [-0.25, -0.2) is 9.67 Å². The van der Waals surface area contributed by atoms with Crippen LogP contribution in [-0.4, -0.2) is 47.0 Å². The molecule has 8 nitrogen and oxygen atoms in total. The SMILES string of the molecule is O=C(NCc1ccc(N2CCOCC2)nc1)c1nn(Cc2ccccc2)c(=O)c2ccccc12. The number of ether oxygens (including phenoxy) is 1. The smallest absolute Gasteiger partial charge is 0.274 e. The maximum absolute atomic E-state index is 13.1. The summed E-state index contributed by atoms with van der Waals surface area (Å²) in [5.41, 5.74) is 1.82. The summed E-state index contributed by atoms with van der Waals surface area (Å²) < 4.78 is 6.74. The van der Waals surface area contributed by atoms with Gasteiger partial charge < -0.3 is 15.0 Å². The predicted octanol–water partition coefficient (Wildman–Crippen LogP) is 2.61. The Kier molecular flexibility index (Phi) is 6.31. The number of benzene rings is 2. The van der Waals surface area contributed by atoms with Crippen LogP contribution in [0.25, 0.3) is 10.8 Å². The van der Waals surface area contributed by atoms with Crippen molar-refractivity contribution in [2.24, 2.45) is 0 Å². The van der Waals surface area contributed by atoms with Gasteiger partial charge in [-0.2, -0.15) is 5.10 Å². The molecule has 0 unspecified atom stereocenters. The first kappa shape index (κ1) is 21.8. The lowest BCUT2D eigenvalue weighted by molar-refractivity contribution is 0.0945. The van der Waals surface area contributed by atoms with Crippen molar-refractivity contribution in [1.82, 2.24) is 20.1 Å². The van der Waals surface area contributed by atoms with E-state index in [0.717, 1.165) is 30.0 Å². The number of fused-ring (bicyclic) bond motifs is 1. The van der Waals surface area contributed by atoms with E-state index in [1.54, 1.807) is 30.5 Å². The summed E-state index contributed by atoms with van der Waals surface area (Å²) in [6.07, 6.45) is 1.77. The molecule has 8 heteroatoms. The highest BCUT2D eigenvalue weighted by atomic mass is 16.5. The first-order valence-corrected chi connectivity index (χ1v) is 11.3. The molecule has 0 bridgehead atoms. The number of carbonyl (C=O) groups excluding carboxylic acids is 1. The predicted molar refractivity (Wildman–Crippen MR) is 130 cm³/mol. The molecular formula is C26H25N5O3. The van der Waals surface area contributed by atoms with Crippen molar-refractivity contribution in [3.05, 3.63) is 100 Å². The number of aromatic nitrogens is 3. The quantitative estimate of drug-likeness (QED) is 0.481. The Hall–Kier alpha value is -4.04. The lowest BCUT2D eigenvalue weighted by Crippen LogP contribution is -2.36. The number of nitrogens with one attached hydrogen (secondary N) is 1. The summed E-state index contributed by atoms with van der Waals surface area (Å²) in [6.45, 7) is 3.64. The minimum atomic E-state index is -0.338. The van der Waals surface area contributed by atoms with Gasteiger partial charge >= 0.3 is 0 Å². The number of hydrogen-bond donors (Lipinski definition) is 1. The Balaban J connectivity index is 1.36. The Labute approximate surface area is 196 Å². The van der Waals surface area contributed by atoms with E-state index in [4.69, 9.17) is 4.74 Å². The number of pyridine rings is 1. The van der Waals surface area contributed by atoms with Crippen molar-refractivity contribution in [2.75, 3.05) is 31.2 Å². The Morgan fingerprint density at radius 2 is 1.65 bits per heavy atom. The molecule has 2 aromatic carbocycles. The molecule has 1 amide bonds. The van der Waals surface area contributed by atoms with Gasteiger partial charge in [0.15, 0.2) is 5.69 Å². The summed E-state index contributed by atoms with van der Waals surface area (Å²) in [5.74, 6) is 0.564. The van der Waals surface area contributed by atoms with Crippen molar-refractivity contribution in [3.8, 4) is 0 Å². The Morgan fingerprint density at radius 3 is 2.38 bits per heavy atom. The zero-order valence-electron chi connectivity index (χ0n) is 18.7. The van der Waals surface area contributed by atoms with Gasteiger partial charge in [0.1, 0.15) is 5.82 Å². The van der Waals surface area contributed by atoms with Crippen LogP contribution >= 0.6 is 0 Å². The third-order valence-electron chi connectivity index (χ3n) is 5.86. The van der Waals surface area contributed by atoms with E-state index in [1.165, 1.54) is 4.68 Å². The monoisotopic (exact) mass is 455 g/mol. The maximum atomic E-state index is 13.1. The maximum Gasteiger partial charge on any atom is 0.274 e. The number of rotatable bonds is 6. The van der Waals surface area contributed by atoms with E-state index in [-0.39, 0.29) is 23.7 Å². The fourth-order valence-corrected chi connectivity index (χ4v) is 4.03. The fraction of sp³-hybridized carbons (Fsp3) is 0.231. The highest BCUT2D eigenvalue weighted by Crippen LogP contribution is 2.15. The van der Waals surface area contributed by atoms with Crippen LogP contribution in [0.1, 0.15) is 21.6 Å². The first-order chi connectivity index (χ1) is 16.7. The lowest BCUT2D eigenvalue weighted by Gasteiger charge is -2.27. The number of hydrogen-bond acceptors (Lipinski definition) is 6. The molecule has 1 fully saturated rings. The van der Waals surface area contributed by atoms with E-state index in [0.29, 0.717) is 30.5 Å². The minimum absolute atomic E-state index is 0.223. The minimum Gasteiger partial charge on any atom is -0.378 e. The van der Waals surface area contributed by atoms with Crippen LogP contribution in [0.2, 0.25) is 0 Å². The second-order valence-electron chi connectivity index (χ2n) is 8.15. The van der Waals surface area contributed by atoms with Crippen molar-refractivity contribution in [2.45, 2.75) is 13.1 Å². The molecule has 3 heterocycles. The average molecular weight is 456 g/mol. The van der Waals surface area contributed by atoms with Crippen LogP contribution in [0, 0.1) is 0 Å². The van der Waals surface area contributed by atoms with Crippen LogP contribution in [0.5, 0.6) is 0 Å². The van der Waals surface area contributed by atoms with Crippen molar-refractivity contribution < 1.29 is 9.53 Å². The van der Waals surface area contributed by atoms with Crippen molar-refractivity contribution >= 4 is 22.5 Å². The number of anilines is 1. The molecule has 1 saturated heterocycles. The Morgan fingerprint density at radius 1 is 0.912 bits per heavy atom. The van der Waals surface area contributed by atoms with Gasteiger partial charge in [-0.3, -0.25) is 9.59 Å². The zero-order chi connectivity index (χ0) is 23.3. The van der Waals surface area contributed by atoms with E-state index >= 15 is 0 Å². The molecule has 1 aliphatic rings. The molecule has 0 aliphatic carbocycles. The van der Waals surface area contributed by atoms with E-state index in [2.05, 4.69) is 20.3 Å². The molecule has 0 spiro atoms. The van der Waals surface area contributed by atoms with E-state index < -0.39 is 0 Å². The van der Waals surface area contributed by atoms with Crippen LogP contribution < -0.4 is 15.8 Å². The summed E-state index contributed by atoms with van der Waals surface area (Å²) >= 11 is 0. The molecule has 0 atom stereocenters. The van der Waals surface area contributed by atoms with Crippen LogP contribution in [-0.2, 0) is 17.8 Å². The third kappa shape index (κ3) is 4.67. The molecule has 0 radical (unpaired) electrons. The molecule has 34 heavy (non-hydrogen) atoms. The molecule has 4 aromatic rings. The molecular weight excluding hydrogens is 430 g/mol. The van der Waals surface area contributed by atoms with Crippen molar-refractivity contribution in [3.63, 3.8) is 0 Å². The molecule has 2 aromatic heterocycles. The van der Waals surface area contributed by atoms with Gasteiger partial charge in [-0.15, -0.1) is 0 Å². The lowest BCUT2D eigenvalue weighted by atomic mass is 10.1. The number of morpholine rings is 1. The summed E-state index contributed by atoms with van der Waals surface area (Å²) in [6, 6.07) is 20.6.